The number of H-pyrrole nitrogens is 1. The van der Waals surface area contributed by atoms with Crippen LogP contribution in [0.2, 0.25) is 5.02 Å². The minimum absolute atomic E-state index is 0.00540. The average Bonchev–Trinajstić information content (AvgIpc) is 3.29. The number of ether oxygens (including phenoxy) is 1. The van der Waals surface area contributed by atoms with Crippen molar-refractivity contribution in [3.8, 4) is 11.5 Å². The van der Waals surface area contributed by atoms with Gasteiger partial charge in [-0.2, -0.15) is 5.10 Å². The number of carbonyl (C=O) groups is 1. The summed E-state index contributed by atoms with van der Waals surface area (Å²) in [5.41, 5.74) is 1.04. The molecule has 3 heterocycles. The van der Waals surface area contributed by atoms with Gasteiger partial charge >= 0.3 is 0 Å². The molecule has 1 amide bonds. The number of halogens is 2. The number of hydrogen-bond donors (Lipinski definition) is 1. The summed E-state index contributed by atoms with van der Waals surface area (Å²) in [6.07, 6.45) is 4.34. The van der Waals surface area contributed by atoms with Gasteiger partial charge in [-0.1, -0.05) is 24.2 Å². The fourth-order valence-corrected chi connectivity index (χ4v) is 4.38. The number of para-hydroxylation sites is 1. The van der Waals surface area contributed by atoms with E-state index in [1.54, 1.807) is 11.0 Å². The van der Waals surface area contributed by atoms with Crippen molar-refractivity contribution in [3.63, 3.8) is 0 Å². The molecule has 0 spiro atoms. The van der Waals surface area contributed by atoms with E-state index in [-0.39, 0.29) is 22.7 Å². The Morgan fingerprint density at radius 2 is 2.18 bits per heavy atom. The molecule has 1 saturated heterocycles. The Balaban J connectivity index is 1.53. The standard InChI is InChI=1S/C23H20ClFN6O2/c1-3-19(32)31-8-7-30(11-13(31)2)23-14-5-4-6-18(21(14)26-12-27-23)33-22-15-10-28-29-17(15)9-16(25)20(22)24/h3-6,9-10,12-13H,1,7-8,11H2,2H3,(H,28,29)/t13-/m1/s1. The van der Waals surface area contributed by atoms with Gasteiger partial charge in [-0.3, -0.25) is 9.89 Å². The fraction of sp³-hybridized carbons (Fsp3) is 0.217. The van der Waals surface area contributed by atoms with Crippen molar-refractivity contribution < 1.29 is 13.9 Å². The summed E-state index contributed by atoms with van der Waals surface area (Å²) in [6, 6.07) is 6.75. The maximum absolute atomic E-state index is 14.3. The van der Waals surface area contributed by atoms with Crippen LogP contribution in [0.4, 0.5) is 10.2 Å². The molecule has 4 aromatic rings. The molecule has 168 valence electrons. The normalized spacial score (nSPS) is 16.4. The van der Waals surface area contributed by atoms with Crippen molar-refractivity contribution in [2.24, 2.45) is 0 Å². The first-order valence-electron chi connectivity index (χ1n) is 10.4. The zero-order chi connectivity index (χ0) is 23.1. The van der Waals surface area contributed by atoms with Crippen molar-refractivity contribution in [1.82, 2.24) is 25.1 Å². The molecule has 1 atom stereocenters. The van der Waals surface area contributed by atoms with Crippen molar-refractivity contribution >= 4 is 45.1 Å². The van der Waals surface area contributed by atoms with E-state index < -0.39 is 5.82 Å². The summed E-state index contributed by atoms with van der Waals surface area (Å²) in [4.78, 5) is 24.9. The summed E-state index contributed by atoms with van der Waals surface area (Å²) in [5, 5.41) is 7.89. The monoisotopic (exact) mass is 466 g/mol. The van der Waals surface area contributed by atoms with Gasteiger partial charge in [0.15, 0.2) is 11.5 Å². The molecule has 0 unspecified atom stereocenters. The van der Waals surface area contributed by atoms with Crippen LogP contribution in [0.15, 0.2) is 49.4 Å². The molecule has 2 aromatic heterocycles. The Kier molecular flexibility index (Phi) is 5.33. The molecule has 1 aliphatic rings. The smallest absolute Gasteiger partial charge is 0.246 e. The van der Waals surface area contributed by atoms with Crippen LogP contribution in [0.1, 0.15) is 6.92 Å². The minimum atomic E-state index is -0.611. The predicted octanol–water partition coefficient (Wildman–Crippen LogP) is 4.31. The lowest BCUT2D eigenvalue weighted by molar-refractivity contribution is -0.128. The average molecular weight is 467 g/mol. The van der Waals surface area contributed by atoms with Crippen LogP contribution in [0, 0.1) is 5.82 Å². The third kappa shape index (κ3) is 3.64. The first-order valence-corrected chi connectivity index (χ1v) is 10.8. The van der Waals surface area contributed by atoms with E-state index in [1.807, 2.05) is 19.1 Å². The molecule has 8 nitrogen and oxygen atoms in total. The number of amides is 1. The second kappa shape index (κ2) is 8.32. The zero-order valence-corrected chi connectivity index (χ0v) is 18.5. The third-order valence-electron chi connectivity index (χ3n) is 5.80. The number of piperazine rings is 1. The van der Waals surface area contributed by atoms with E-state index in [4.69, 9.17) is 16.3 Å². The van der Waals surface area contributed by atoms with Crippen molar-refractivity contribution in [1.29, 1.82) is 0 Å². The summed E-state index contributed by atoms with van der Waals surface area (Å²) < 4.78 is 20.4. The summed E-state index contributed by atoms with van der Waals surface area (Å²) in [6.45, 7) is 7.37. The maximum atomic E-state index is 14.3. The van der Waals surface area contributed by atoms with Gasteiger partial charge in [-0.05, 0) is 25.1 Å². The molecule has 1 aliphatic heterocycles. The molecule has 1 fully saturated rings. The lowest BCUT2D eigenvalue weighted by atomic mass is 10.1. The zero-order valence-electron chi connectivity index (χ0n) is 17.8. The minimum Gasteiger partial charge on any atom is -0.453 e. The molecule has 0 radical (unpaired) electrons. The number of nitrogens with zero attached hydrogens (tertiary/aromatic N) is 5. The molecule has 5 rings (SSSR count). The maximum Gasteiger partial charge on any atom is 0.246 e. The Hall–Kier alpha value is -3.72. The molecule has 10 heteroatoms. The summed E-state index contributed by atoms with van der Waals surface area (Å²) in [5.74, 6) is 0.627. The summed E-state index contributed by atoms with van der Waals surface area (Å²) >= 11 is 6.23. The molecular formula is C23H20ClFN6O2. The summed E-state index contributed by atoms with van der Waals surface area (Å²) in [7, 11) is 0. The first kappa shape index (κ1) is 21.1. The number of fused-ring (bicyclic) bond motifs is 2. The van der Waals surface area contributed by atoms with Crippen molar-refractivity contribution in [2.45, 2.75) is 13.0 Å². The first-order chi connectivity index (χ1) is 16.0. The number of nitrogens with one attached hydrogen (secondary N) is 1. The Morgan fingerprint density at radius 1 is 1.33 bits per heavy atom. The van der Waals surface area contributed by atoms with Crippen LogP contribution < -0.4 is 9.64 Å². The lowest BCUT2D eigenvalue weighted by Crippen LogP contribution is -2.54. The van der Waals surface area contributed by atoms with E-state index >= 15 is 0 Å². The molecule has 2 aromatic carbocycles. The molecule has 33 heavy (non-hydrogen) atoms. The van der Waals surface area contributed by atoms with Crippen LogP contribution in [0.25, 0.3) is 21.8 Å². The van der Waals surface area contributed by atoms with E-state index in [9.17, 15) is 9.18 Å². The number of aromatic amines is 1. The van der Waals surface area contributed by atoms with Gasteiger partial charge in [0.1, 0.15) is 28.5 Å². The van der Waals surface area contributed by atoms with E-state index in [0.29, 0.717) is 41.8 Å². The highest BCUT2D eigenvalue weighted by Crippen LogP contribution is 2.40. The molecule has 0 bridgehead atoms. The number of hydrogen-bond acceptors (Lipinski definition) is 6. The van der Waals surface area contributed by atoms with Crippen LogP contribution in [-0.4, -0.2) is 56.6 Å². The van der Waals surface area contributed by atoms with Crippen LogP contribution in [0.5, 0.6) is 11.5 Å². The van der Waals surface area contributed by atoms with Gasteiger partial charge in [-0.15, -0.1) is 0 Å². The van der Waals surface area contributed by atoms with Gasteiger partial charge in [-0.25, -0.2) is 14.4 Å². The van der Waals surface area contributed by atoms with Crippen molar-refractivity contribution in [3.05, 3.63) is 60.3 Å². The van der Waals surface area contributed by atoms with E-state index in [1.165, 1.54) is 24.7 Å². The van der Waals surface area contributed by atoms with Crippen LogP contribution in [0.3, 0.4) is 0 Å². The molecule has 0 saturated carbocycles. The second-order valence-corrected chi connectivity index (χ2v) is 8.19. The largest absolute Gasteiger partial charge is 0.453 e. The van der Waals surface area contributed by atoms with Gasteiger partial charge in [0.2, 0.25) is 5.91 Å². The van der Waals surface area contributed by atoms with Gasteiger partial charge in [0.25, 0.3) is 0 Å². The number of aromatic nitrogens is 4. The number of rotatable bonds is 4. The van der Waals surface area contributed by atoms with Gasteiger partial charge < -0.3 is 14.5 Å². The quantitative estimate of drug-likeness (QED) is 0.451. The number of anilines is 1. The lowest BCUT2D eigenvalue weighted by Gasteiger charge is -2.40. The Labute approximate surface area is 193 Å². The van der Waals surface area contributed by atoms with Gasteiger partial charge in [0.05, 0.1) is 17.1 Å². The number of carbonyl (C=O) groups excluding carboxylic acids is 1. The van der Waals surface area contributed by atoms with E-state index in [2.05, 4.69) is 31.6 Å². The Morgan fingerprint density at radius 3 is 2.97 bits per heavy atom. The highest BCUT2D eigenvalue weighted by Gasteiger charge is 2.28. The fourth-order valence-electron chi connectivity index (χ4n) is 4.19. The van der Waals surface area contributed by atoms with Gasteiger partial charge in [0, 0.05) is 37.1 Å². The van der Waals surface area contributed by atoms with Crippen LogP contribution >= 0.6 is 11.6 Å². The van der Waals surface area contributed by atoms with Crippen LogP contribution in [-0.2, 0) is 4.79 Å². The number of benzene rings is 2. The highest BCUT2D eigenvalue weighted by molar-refractivity contribution is 6.33. The molecule has 0 aliphatic carbocycles. The Bertz CT molecular complexity index is 1390. The predicted molar refractivity (Wildman–Crippen MR) is 124 cm³/mol. The van der Waals surface area contributed by atoms with E-state index in [0.717, 1.165) is 11.2 Å². The molecule has 1 N–H and O–H groups in total. The topological polar surface area (TPSA) is 87.2 Å². The van der Waals surface area contributed by atoms with Crippen molar-refractivity contribution in [2.75, 3.05) is 24.5 Å². The third-order valence-corrected chi connectivity index (χ3v) is 6.15. The SMILES string of the molecule is C=CC(=O)N1CCN(c2ncnc3c(Oc4c(Cl)c(F)cc5[nH]ncc45)cccc23)C[C@H]1C. The highest BCUT2D eigenvalue weighted by atomic mass is 35.5. The molecular weight excluding hydrogens is 447 g/mol. The second-order valence-electron chi connectivity index (χ2n) is 7.82.